The number of hydrogen-bond acceptors (Lipinski definition) is 8. The molecule has 2 aromatic carbocycles. The van der Waals surface area contributed by atoms with Gasteiger partial charge in [-0.3, -0.25) is 24.2 Å². The highest BCUT2D eigenvalue weighted by molar-refractivity contribution is 6.07. The van der Waals surface area contributed by atoms with E-state index in [0.29, 0.717) is 72.3 Å². The first-order chi connectivity index (χ1) is 20.8. The minimum Gasteiger partial charge on any atom is -0.469 e. The SMILES string of the molecule is COC(=O)CCCCN1C(=O)[C@](O)([C@H](C)/C=C/CCn2cc(CCO)nn2)c2cc(-n3[nH]c4ccccc4c3=O)ccc21. The summed E-state index contributed by atoms with van der Waals surface area (Å²) in [6.07, 6.45) is 7.83. The number of aliphatic hydroxyl groups excluding tert-OH is 1. The molecular weight excluding hydrogens is 552 g/mol. The fourth-order valence-electron chi connectivity index (χ4n) is 5.50. The van der Waals surface area contributed by atoms with Gasteiger partial charge in [0.1, 0.15) is 0 Å². The van der Waals surface area contributed by atoms with Crippen LogP contribution in [0, 0.1) is 5.92 Å². The van der Waals surface area contributed by atoms with Crippen molar-refractivity contribution in [2.24, 2.45) is 5.92 Å². The van der Waals surface area contributed by atoms with Crippen molar-refractivity contribution in [3.63, 3.8) is 0 Å². The number of rotatable bonds is 13. The van der Waals surface area contributed by atoms with Gasteiger partial charge in [-0.15, -0.1) is 5.10 Å². The van der Waals surface area contributed by atoms with E-state index in [1.54, 1.807) is 53.0 Å². The molecule has 1 aliphatic heterocycles. The van der Waals surface area contributed by atoms with Gasteiger partial charge in [0.15, 0.2) is 5.60 Å². The number of ether oxygens (including phenoxy) is 1. The Bertz CT molecular complexity index is 1700. The fraction of sp³-hybridized carbons (Fsp3) is 0.387. The van der Waals surface area contributed by atoms with Crippen LogP contribution in [-0.4, -0.2) is 67.1 Å². The van der Waals surface area contributed by atoms with E-state index in [-0.39, 0.29) is 24.6 Å². The van der Waals surface area contributed by atoms with Gasteiger partial charge < -0.3 is 19.8 Å². The number of amides is 1. The number of nitrogens with one attached hydrogen (secondary N) is 1. The van der Waals surface area contributed by atoms with Crippen molar-refractivity contribution in [3.8, 4) is 5.69 Å². The maximum atomic E-state index is 13.9. The van der Waals surface area contributed by atoms with Crippen LogP contribution in [0.1, 0.15) is 43.9 Å². The molecule has 0 spiro atoms. The average molecular weight is 589 g/mol. The molecule has 0 saturated heterocycles. The highest BCUT2D eigenvalue weighted by Gasteiger charge is 2.52. The zero-order valence-electron chi connectivity index (χ0n) is 24.3. The zero-order chi connectivity index (χ0) is 30.6. The lowest BCUT2D eigenvalue weighted by Gasteiger charge is -2.28. The van der Waals surface area contributed by atoms with Crippen molar-refractivity contribution in [1.29, 1.82) is 0 Å². The van der Waals surface area contributed by atoms with Gasteiger partial charge in [0.05, 0.1) is 35.1 Å². The third-order valence-corrected chi connectivity index (χ3v) is 7.91. The molecule has 0 unspecified atom stereocenters. The Morgan fingerprint density at radius 1 is 1.16 bits per heavy atom. The molecule has 2 atom stereocenters. The Morgan fingerprint density at radius 2 is 1.98 bits per heavy atom. The Labute approximate surface area is 248 Å². The van der Waals surface area contributed by atoms with Gasteiger partial charge in [0.25, 0.3) is 11.5 Å². The van der Waals surface area contributed by atoms with Gasteiger partial charge in [-0.25, -0.2) is 4.68 Å². The van der Waals surface area contributed by atoms with Crippen LogP contribution in [0.3, 0.4) is 0 Å². The first kappa shape index (κ1) is 29.9. The first-order valence-electron chi connectivity index (χ1n) is 14.4. The van der Waals surface area contributed by atoms with Gasteiger partial charge in [0, 0.05) is 50.2 Å². The molecule has 226 valence electrons. The molecule has 0 saturated carbocycles. The number of aliphatic hydroxyl groups is 2. The maximum Gasteiger partial charge on any atom is 0.305 e. The Hall–Kier alpha value is -4.55. The molecule has 1 aliphatic rings. The third-order valence-electron chi connectivity index (χ3n) is 7.91. The molecule has 0 radical (unpaired) electrons. The molecule has 2 aromatic heterocycles. The van der Waals surface area contributed by atoms with E-state index in [0.717, 1.165) is 0 Å². The second kappa shape index (κ2) is 12.8. The monoisotopic (exact) mass is 588 g/mol. The van der Waals surface area contributed by atoms with Crippen LogP contribution in [0.15, 0.2) is 65.6 Å². The minimum atomic E-state index is -1.87. The van der Waals surface area contributed by atoms with Gasteiger partial charge in [-0.2, -0.15) is 0 Å². The third kappa shape index (κ3) is 5.88. The molecule has 12 heteroatoms. The van der Waals surface area contributed by atoms with Crippen molar-refractivity contribution in [1.82, 2.24) is 24.8 Å². The summed E-state index contributed by atoms with van der Waals surface area (Å²) in [5.41, 5.74) is 0.762. The molecule has 43 heavy (non-hydrogen) atoms. The van der Waals surface area contributed by atoms with Crippen molar-refractivity contribution in [2.45, 2.75) is 51.2 Å². The zero-order valence-corrected chi connectivity index (χ0v) is 24.3. The number of esters is 1. The summed E-state index contributed by atoms with van der Waals surface area (Å²) in [7, 11) is 1.34. The number of hydrogen-bond donors (Lipinski definition) is 3. The van der Waals surface area contributed by atoms with Crippen LogP contribution in [0.2, 0.25) is 0 Å². The number of anilines is 1. The largest absolute Gasteiger partial charge is 0.469 e. The molecule has 4 aromatic rings. The molecule has 0 fully saturated rings. The lowest BCUT2D eigenvalue weighted by Crippen LogP contribution is -2.44. The van der Waals surface area contributed by atoms with Crippen LogP contribution in [0.4, 0.5) is 5.69 Å². The number of benzene rings is 2. The number of methoxy groups -OCH3 is 1. The highest BCUT2D eigenvalue weighted by atomic mass is 16.5. The quantitative estimate of drug-likeness (QED) is 0.122. The number of aromatic nitrogens is 5. The molecule has 3 N–H and O–H groups in total. The number of para-hydroxylation sites is 1. The second-order valence-electron chi connectivity index (χ2n) is 10.7. The summed E-state index contributed by atoms with van der Waals surface area (Å²) in [6, 6.07) is 12.4. The summed E-state index contributed by atoms with van der Waals surface area (Å²) in [5.74, 6) is -1.37. The van der Waals surface area contributed by atoms with E-state index in [9.17, 15) is 19.5 Å². The number of aryl methyl sites for hydroxylation is 1. The Morgan fingerprint density at radius 3 is 2.74 bits per heavy atom. The lowest BCUT2D eigenvalue weighted by atomic mass is 9.82. The van der Waals surface area contributed by atoms with E-state index >= 15 is 0 Å². The predicted molar refractivity (Wildman–Crippen MR) is 160 cm³/mol. The first-order valence-corrected chi connectivity index (χ1v) is 14.4. The summed E-state index contributed by atoms with van der Waals surface area (Å²) in [4.78, 5) is 40.2. The topological polar surface area (TPSA) is 156 Å². The Balaban J connectivity index is 1.42. The number of carbonyl (C=O) groups excluding carboxylic acids is 2. The molecule has 12 nitrogen and oxygen atoms in total. The minimum absolute atomic E-state index is 0.00310. The average Bonchev–Trinajstić information content (AvgIpc) is 3.67. The predicted octanol–water partition coefficient (Wildman–Crippen LogP) is 2.61. The number of unbranched alkanes of at least 4 members (excludes halogenated alkanes) is 1. The molecule has 0 aliphatic carbocycles. The molecule has 1 amide bonds. The standard InChI is InChI=1S/C31H36N6O6/c1-21(9-5-7-16-35-20-22(15-18-38)32-34-35)31(42)25-19-23(37-29(40)24-10-3-4-11-26(24)33-37)13-14-27(25)36(30(31)41)17-8-6-12-28(39)43-2/h3-5,9-11,13-14,19-21,33,38,42H,6-8,12,15-18H2,1-2H3/b9-5+/t21-,31+/m1/s1. The second-order valence-corrected chi connectivity index (χ2v) is 10.7. The molecular formula is C31H36N6O6. The van der Waals surface area contributed by atoms with Crippen LogP contribution in [-0.2, 0) is 32.9 Å². The smallest absolute Gasteiger partial charge is 0.305 e. The maximum absolute atomic E-state index is 13.9. The van der Waals surface area contributed by atoms with Gasteiger partial charge >= 0.3 is 5.97 Å². The highest BCUT2D eigenvalue weighted by Crippen LogP contribution is 2.46. The number of aromatic amines is 1. The van der Waals surface area contributed by atoms with Crippen molar-refractivity contribution in [3.05, 3.63) is 82.4 Å². The van der Waals surface area contributed by atoms with E-state index < -0.39 is 17.4 Å². The van der Waals surface area contributed by atoms with Crippen molar-refractivity contribution < 1.29 is 24.5 Å². The number of allylic oxidation sites excluding steroid dienone is 1. The number of H-pyrrole nitrogens is 1. The van der Waals surface area contributed by atoms with Crippen LogP contribution < -0.4 is 10.5 Å². The fourth-order valence-corrected chi connectivity index (χ4v) is 5.50. The summed E-state index contributed by atoms with van der Waals surface area (Å²) in [6.45, 7) is 2.65. The number of nitrogens with zero attached hydrogens (tertiary/aromatic N) is 5. The molecule has 5 rings (SSSR count). The number of fused-ring (bicyclic) bond motifs is 2. The van der Waals surface area contributed by atoms with Crippen LogP contribution >= 0.6 is 0 Å². The van der Waals surface area contributed by atoms with Gasteiger partial charge in [-0.1, -0.05) is 36.4 Å². The summed E-state index contributed by atoms with van der Waals surface area (Å²) < 4.78 is 7.82. The van der Waals surface area contributed by atoms with Crippen molar-refractivity contribution in [2.75, 3.05) is 25.2 Å². The van der Waals surface area contributed by atoms with E-state index in [1.807, 2.05) is 24.3 Å². The lowest BCUT2D eigenvalue weighted by molar-refractivity contribution is -0.140. The van der Waals surface area contributed by atoms with E-state index in [2.05, 4.69) is 15.4 Å². The van der Waals surface area contributed by atoms with Gasteiger partial charge in [-0.05, 0) is 49.6 Å². The molecule has 3 heterocycles. The Kier molecular flexibility index (Phi) is 8.88. The molecule has 0 bridgehead atoms. The van der Waals surface area contributed by atoms with E-state index in [4.69, 9.17) is 9.84 Å². The van der Waals surface area contributed by atoms with Crippen LogP contribution in [0.5, 0.6) is 0 Å². The number of carbonyl (C=O) groups is 2. The van der Waals surface area contributed by atoms with Gasteiger partial charge in [0.2, 0.25) is 0 Å². The summed E-state index contributed by atoms with van der Waals surface area (Å²) in [5, 5.41) is 32.9. The normalized spacial score (nSPS) is 17.2. The van der Waals surface area contributed by atoms with E-state index in [1.165, 1.54) is 11.8 Å². The van der Waals surface area contributed by atoms with Crippen molar-refractivity contribution >= 4 is 28.5 Å². The van der Waals surface area contributed by atoms with Crippen LogP contribution in [0.25, 0.3) is 16.6 Å². The summed E-state index contributed by atoms with van der Waals surface area (Å²) >= 11 is 0.